The Balaban J connectivity index is 2.41. The molecule has 1 atom stereocenters. The fourth-order valence-corrected chi connectivity index (χ4v) is 2.66. The number of hydrogen-bond donors (Lipinski definition) is 1. The first-order valence-corrected chi connectivity index (χ1v) is 6.78. The second-order valence-corrected chi connectivity index (χ2v) is 6.53. The summed E-state index contributed by atoms with van der Waals surface area (Å²) in [7, 11) is 0. The fourth-order valence-electron chi connectivity index (χ4n) is 2.66. The molecule has 1 aliphatic heterocycles. The first kappa shape index (κ1) is 14.0. The highest BCUT2D eigenvalue weighted by Gasteiger charge is 2.24. The van der Waals surface area contributed by atoms with Crippen molar-refractivity contribution in [1.29, 1.82) is 0 Å². The van der Waals surface area contributed by atoms with Gasteiger partial charge in [0.05, 0.1) is 0 Å². The first-order valence-electron chi connectivity index (χ1n) is 6.78. The van der Waals surface area contributed by atoms with Crippen LogP contribution in [0.3, 0.4) is 0 Å². The van der Waals surface area contributed by atoms with Crippen LogP contribution in [-0.2, 0) is 0 Å². The molecule has 0 aromatic heterocycles. The van der Waals surface area contributed by atoms with Gasteiger partial charge in [-0.3, -0.25) is 0 Å². The summed E-state index contributed by atoms with van der Waals surface area (Å²) < 4.78 is 0. The molecule has 1 heterocycles. The Morgan fingerprint density at radius 1 is 1.25 bits per heavy atom. The fraction of sp³-hybridized carbons (Fsp3) is 1.00. The van der Waals surface area contributed by atoms with Gasteiger partial charge in [-0.25, -0.2) is 0 Å². The van der Waals surface area contributed by atoms with E-state index in [1.807, 2.05) is 0 Å². The Kier molecular flexibility index (Phi) is 5.26. The third kappa shape index (κ3) is 4.42. The second-order valence-electron chi connectivity index (χ2n) is 6.53. The Bertz CT molecular complexity index is 201. The van der Waals surface area contributed by atoms with Crippen molar-refractivity contribution < 1.29 is 5.11 Å². The molecule has 1 fully saturated rings. The SMILES string of the molecule is CC(C)C1CCCN(CC(C)(C)CO)CC1. The van der Waals surface area contributed by atoms with Crippen LogP contribution >= 0.6 is 0 Å². The van der Waals surface area contributed by atoms with E-state index in [1.54, 1.807) is 0 Å². The van der Waals surface area contributed by atoms with E-state index in [0.717, 1.165) is 18.4 Å². The quantitative estimate of drug-likeness (QED) is 0.798. The minimum atomic E-state index is 0.0532. The largest absolute Gasteiger partial charge is 0.396 e. The zero-order chi connectivity index (χ0) is 12.2. The summed E-state index contributed by atoms with van der Waals surface area (Å²) in [5, 5.41) is 9.31. The standard InChI is InChI=1S/C14H29NO/c1-12(2)13-6-5-8-15(9-7-13)10-14(3,4)11-16/h12-13,16H,5-11H2,1-4H3. The minimum absolute atomic E-state index is 0.0532. The number of aliphatic hydroxyl groups excluding tert-OH is 1. The van der Waals surface area contributed by atoms with Crippen molar-refractivity contribution >= 4 is 0 Å². The highest BCUT2D eigenvalue weighted by atomic mass is 16.3. The maximum atomic E-state index is 9.31. The number of nitrogens with zero attached hydrogens (tertiary/aromatic N) is 1. The smallest absolute Gasteiger partial charge is 0.0494 e. The van der Waals surface area contributed by atoms with E-state index in [2.05, 4.69) is 32.6 Å². The van der Waals surface area contributed by atoms with Crippen LogP contribution in [0.5, 0.6) is 0 Å². The molecule has 0 aromatic rings. The molecule has 0 amide bonds. The minimum Gasteiger partial charge on any atom is -0.396 e. The van der Waals surface area contributed by atoms with Gasteiger partial charge in [0.1, 0.15) is 0 Å². The molecule has 0 bridgehead atoms. The molecule has 0 radical (unpaired) electrons. The third-order valence-corrected chi connectivity index (χ3v) is 3.89. The Labute approximate surface area is 101 Å². The molecule has 0 saturated carbocycles. The predicted octanol–water partition coefficient (Wildman–Crippen LogP) is 2.76. The van der Waals surface area contributed by atoms with Crippen LogP contribution in [0.2, 0.25) is 0 Å². The monoisotopic (exact) mass is 227 g/mol. The predicted molar refractivity (Wildman–Crippen MR) is 69.5 cm³/mol. The van der Waals surface area contributed by atoms with Crippen LogP contribution in [0, 0.1) is 17.3 Å². The van der Waals surface area contributed by atoms with Crippen molar-refractivity contribution in [2.45, 2.75) is 47.0 Å². The molecule has 1 aliphatic rings. The average molecular weight is 227 g/mol. The molecule has 96 valence electrons. The molecule has 1 rings (SSSR count). The van der Waals surface area contributed by atoms with Crippen molar-refractivity contribution in [3.05, 3.63) is 0 Å². The van der Waals surface area contributed by atoms with Crippen molar-refractivity contribution in [3.63, 3.8) is 0 Å². The van der Waals surface area contributed by atoms with Crippen LogP contribution in [0.1, 0.15) is 47.0 Å². The third-order valence-electron chi connectivity index (χ3n) is 3.89. The van der Waals surface area contributed by atoms with Crippen LogP contribution in [0.15, 0.2) is 0 Å². The summed E-state index contributed by atoms with van der Waals surface area (Å²) in [4.78, 5) is 2.54. The summed E-state index contributed by atoms with van der Waals surface area (Å²) in [5.41, 5.74) is 0.0532. The molecule has 0 aliphatic carbocycles. The van der Waals surface area contributed by atoms with Crippen LogP contribution in [-0.4, -0.2) is 36.2 Å². The van der Waals surface area contributed by atoms with Gasteiger partial charge in [0, 0.05) is 18.6 Å². The van der Waals surface area contributed by atoms with Crippen molar-refractivity contribution in [2.75, 3.05) is 26.2 Å². The lowest BCUT2D eigenvalue weighted by atomic mass is 9.89. The van der Waals surface area contributed by atoms with E-state index in [-0.39, 0.29) is 12.0 Å². The van der Waals surface area contributed by atoms with Crippen molar-refractivity contribution in [3.8, 4) is 0 Å². The summed E-state index contributed by atoms with van der Waals surface area (Å²) in [6, 6.07) is 0. The zero-order valence-electron chi connectivity index (χ0n) is 11.5. The Morgan fingerprint density at radius 3 is 2.50 bits per heavy atom. The van der Waals surface area contributed by atoms with Gasteiger partial charge in [0.2, 0.25) is 0 Å². The number of aliphatic hydroxyl groups is 1. The molecular formula is C14H29NO. The lowest BCUT2D eigenvalue weighted by molar-refractivity contribution is 0.104. The van der Waals surface area contributed by atoms with E-state index in [9.17, 15) is 5.11 Å². The summed E-state index contributed by atoms with van der Waals surface area (Å²) in [6.07, 6.45) is 4.04. The van der Waals surface area contributed by atoms with E-state index >= 15 is 0 Å². The van der Waals surface area contributed by atoms with Gasteiger partial charge in [-0.15, -0.1) is 0 Å². The molecular weight excluding hydrogens is 198 g/mol. The normalized spacial score (nSPS) is 24.8. The van der Waals surface area contributed by atoms with Gasteiger partial charge < -0.3 is 10.0 Å². The highest BCUT2D eigenvalue weighted by Crippen LogP contribution is 2.26. The number of hydrogen-bond acceptors (Lipinski definition) is 2. The van der Waals surface area contributed by atoms with Gasteiger partial charge in [0.25, 0.3) is 0 Å². The van der Waals surface area contributed by atoms with Crippen molar-refractivity contribution in [1.82, 2.24) is 4.90 Å². The lowest BCUT2D eigenvalue weighted by Gasteiger charge is -2.30. The maximum absolute atomic E-state index is 9.31. The molecule has 2 nitrogen and oxygen atoms in total. The second kappa shape index (κ2) is 6.02. The average Bonchev–Trinajstić information content (AvgIpc) is 2.43. The van der Waals surface area contributed by atoms with Gasteiger partial charge >= 0.3 is 0 Å². The van der Waals surface area contributed by atoms with Gasteiger partial charge in [0.15, 0.2) is 0 Å². The number of rotatable bonds is 4. The number of likely N-dealkylation sites (tertiary alicyclic amines) is 1. The van der Waals surface area contributed by atoms with E-state index in [0.29, 0.717) is 0 Å². The summed E-state index contributed by atoms with van der Waals surface area (Å²) >= 11 is 0. The maximum Gasteiger partial charge on any atom is 0.0494 e. The lowest BCUT2D eigenvalue weighted by Crippen LogP contribution is -2.37. The Morgan fingerprint density at radius 2 is 1.94 bits per heavy atom. The van der Waals surface area contributed by atoms with E-state index in [1.165, 1.54) is 32.4 Å². The first-order chi connectivity index (χ1) is 7.44. The van der Waals surface area contributed by atoms with E-state index in [4.69, 9.17) is 0 Å². The highest BCUT2D eigenvalue weighted by molar-refractivity contribution is 4.77. The molecule has 0 aromatic carbocycles. The molecule has 1 saturated heterocycles. The molecule has 0 spiro atoms. The summed E-state index contributed by atoms with van der Waals surface area (Å²) in [5.74, 6) is 1.73. The zero-order valence-corrected chi connectivity index (χ0v) is 11.5. The van der Waals surface area contributed by atoms with Gasteiger partial charge in [-0.1, -0.05) is 27.7 Å². The molecule has 1 unspecified atom stereocenters. The Hall–Kier alpha value is -0.0800. The van der Waals surface area contributed by atoms with Crippen LogP contribution in [0.25, 0.3) is 0 Å². The molecule has 2 heteroatoms. The molecule has 1 N–H and O–H groups in total. The van der Waals surface area contributed by atoms with Gasteiger partial charge in [-0.2, -0.15) is 0 Å². The van der Waals surface area contributed by atoms with Crippen molar-refractivity contribution in [2.24, 2.45) is 17.3 Å². The van der Waals surface area contributed by atoms with Gasteiger partial charge in [-0.05, 0) is 44.2 Å². The molecule has 16 heavy (non-hydrogen) atoms. The summed E-state index contributed by atoms with van der Waals surface area (Å²) in [6.45, 7) is 12.7. The van der Waals surface area contributed by atoms with E-state index < -0.39 is 0 Å². The topological polar surface area (TPSA) is 23.5 Å². The van der Waals surface area contributed by atoms with Crippen LogP contribution in [0.4, 0.5) is 0 Å². The van der Waals surface area contributed by atoms with Crippen LogP contribution < -0.4 is 0 Å².